The number of nitrogen functional groups attached to an aromatic ring is 1. The summed E-state index contributed by atoms with van der Waals surface area (Å²) in [6, 6.07) is 4.65. The highest BCUT2D eigenvalue weighted by Gasteiger charge is 2.36. The molecule has 1 heterocycles. The first kappa shape index (κ1) is 40.3. The number of allylic oxidation sites excluding steroid dienone is 4. The molecule has 1 aliphatic carbocycles. The predicted molar refractivity (Wildman–Crippen MR) is 195 cm³/mol. The maximum atomic E-state index is 14.1. The molecule has 6 atom stereocenters. The zero-order valence-corrected chi connectivity index (χ0v) is 31.1. The van der Waals surface area contributed by atoms with E-state index in [1.54, 1.807) is 38.1 Å². The first-order valence-corrected chi connectivity index (χ1v) is 17.0. The van der Waals surface area contributed by atoms with Gasteiger partial charge in [-0.1, -0.05) is 38.2 Å². The first-order chi connectivity index (χ1) is 23.5. The molecule has 0 spiro atoms. The summed E-state index contributed by atoms with van der Waals surface area (Å²) in [5.74, 6) is -3.41. The molecule has 0 saturated carbocycles. The third kappa shape index (κ3) is 9.77. The van der Waals surface area contributed by atoms with E-state index in [-0.39, 0.29) is 46.9 Å². The third-order valence-electron chi connectivity index (χ3n) is 8.71. The molecule has 0 unspecified atom stereocenters. The minimum absolute atomic E-state index is 0.00534. The fourth-order valence-electron chi connectivity index (χ4n) is 5.89. The van der Waals surface area contributed by atoms with Gasteiger partial charge in [-0.3, -0.25) is 24.1 Å². The number of aliphatic hydroxyl groups is 1. The smallest absolute Gasteiger partial charge is 0.405 e. The van der Waals surface area contributed by atoms with E-state index in [9.17, 15) is 29.1 Å². The van der Waals surface area contributed by atoms with Crippen molar-refractivity contribution >= 4 is 57.6 Å². The Balaban J connectivity index is 2.19. The predicted octanol–water partition coefficient (Wildman–Crippen LogP) is 3.50. The lowest BCUT2D eigenvalue weighted by Crippen LogP contribution is -2.41. The SMILES string of the molecule is CO[C@H]1/C=C\C=C(/C)C(=O)N(CC(=O)c2ccc(N)c(I)c2)C2=CC(=O)C(N)=C(C[C@@H](C)C[C@H](OC)[C@H](O)[C@@H](C)/C=C(\C)[C@@H]1OC(N)=O)C2=O. The summed E-state index contributed by atoms with van der Waals surface area (Å²) in [6.45, 7) is 6.20. The second-order valence-electron chi connectivity index (χ2n) is 12.5. The summed E-state index contributed by atoms with van der Waals surface area (Å²) in [4.78, 5) is 67.8. The van der Waals surface area contributed by atoms with Gasteiger partial charge in [0.1, 0.15) is 6.10 Å². The number of anilines is 1. The van der Waals surface area contributed by atoms with Gasteiger partial charge in [0.2, 0.25) is 11.6 Å². The van der Waals surface area contributed by atoms with Crippen LogP contribution in [0.5, 0.6) is 0 Å². The molecule has 7 N–H and O–H groups in total. The monoisotopic (exact) mass is 804 g/mol. The number of methoxy groups -OCH3 is 2. The van der Waals surface area contributed by atoms with Crippen molar-refractivity contribution < 1.29 is 43.3 Å². The molecule has 50 heavy (non-hydrogen) atoms. The zero-order chi connectivity index (χ0) is 37.4. The Morgan fingerprint density at radius 3 is 2.36 bits per heavy atom. The third-order valence-corrected chi connectivity index (χ3v) is 9.64. The number of hydrogen-bond donors (Lipinski definition) is 4. The highest BCUT2D eigenvalue weighted by atomic mass is 127. The maximum Gasteiger partial charge on any atom is 0.405 e. The van der Waals surface area contributed by atoms with Gasteiger partial charge < -0.3 is 36.5 Å². The molecule has 3 rings (SSSR count). The van der Waals surface area contributed by atoms with Gasteiger partial charge in [0.15, 0.2) is 11.9 Å². The number of fused-ring (bicyclic) bond motifs is 2. The van der Waals surface area contributed by atoms with E-state index < -0.39 is 66.2 Å². The molecule has 0 aromatic heterocycles. The Labute approximate surface area is 305 Å². The molecular formula is C36H45IN4O9. The van der Waals surface area contributed by atoms with Gasteiger partial charge in [-0.15, -0.1) is 0 Å². The van der Waals surface area contributed by atoms with Crippen LogP contribution >= 0.6 is 22.6 Å². The number of carbonyl (C=O) groups is 5. The molecule has 0 radical (unpaired) electrons. The largest absolute Gasteiger partial charge is 0.439 e. The molecule has 1 aromatic carbocycles. The Morgan fingerprint density at radius 1 is 1.08 bits per heavy atom. The van der Waals surface area contributed by atoms with Crippen molar-refractivity contribution in [3.05, 3.63) is 85.8 Å². The Kier molecular flexibility index (Phi) is 14.3. The fourth-order valence-corrected chi connectivity index (χ4v) is 6.40. The van der Waals surface area contributed by atoms with E-state index >= 15 is 0 Å². The number of ether oxygens (including phenoxy) is 3. The number of ketones is 3. The molecule has 2 amide bonds. The van der Waals surface area contributed by atoms with E-state index in [0.29, 0.717) is 14.8 Å². The van der Waals surface area contributed by atoms with Gasteiger partial charge in [-0.05, 0) is 79.0 Å². The minimum atomic E-state index is -1.04. The summed E-state index contributed by atoms with van der Waals surface area (Å²) in [5, 5.41) is 11.3. The van der Waals surface area contributed by atoms with Crippen molar-refractivity contribution in [2.45, 2.75) is 65.0 Å². The minimum Gasteiger partial charge on any atom is -0.439 e. The van der Waals surface area contributed by atoms with Crippen molar-refractivity contribution in [2.24, 2.45) is 23.3 Å². The number of carbonyl (C=O) groups excluding carboxylic acids is 5. The molecule has 0 saturated heterocycles. The summed E-state index contributed by atoms with van der Waals surface area (Å²) >= 11 is 1.99. The van der Waals surface area contributed by atoms with Crippen LogP contribution in [0.25, 0.3) is 0 Å². The number of benzene rings is 1. The number of aliphatic hydroxyl groups excluding tert-OH is 1. The Hall–Kier alpha value is -4.12. The number of nitrogens with two attached hydrogens (primary N) is 3. The molecule has 2 aliphatic rings. The molecule has 1 aromatic rings. The van der Waals surface area contributed by atoms with Crippen molar-refractivity contribution in [3.63, 3.8) is 0 Å². The standard InChI is InChI=1S/C36H45IN4O9/c1-18-12-23-31(39)27(42)16-26(33(23)45)41(17-28(43)22-10-11-25(38)24(37)15-22)35(46)19(2)8-7-9-29(48-5)34(50-36(40)47)21(4)14-20(3)32(44)30(13-18)49-6/h7-11,14-16,18,20,29-30,32,34,44H,12-13,17,38-39H2,1-6H3,(H2,40,47)/b9-7-,19-8+,21-14+/t18-,20+,29+,30+,32-,34+/m1/s1. The van der Waals surface area contributed by atoms with Crippen LogP contribution in [0, 0.1) is 15.4 Å². The number of amides is 2. The quantitative estimate of drug-likeness (QED) is 0.107. The van der Waals surface area contributed by atoms with Crippen LogP contribution in [-0.2, 0) is 28.6 Å². The van der Waals surface area contributed by atoms with E-state index in [1.165, 1.54) is 39.4 Å². The average Bonchev–Trinajstić information content (AvgIpc) is 3.07. The number of Topliss-reactive ketones (excluding diaryl/α,β-unsaturated/α-hetero) is 2. The molecule has 1 aliphatic heterocycles. The van der Waals surface area contributed by atoms with E-state index in [0.717, 1.165) is 11.0 Å². The lowest BCUT2D eigenvalue weighted by molar-refractivity contribution is -0.128. The van der Waals surface area contributed by atoms with Crippen LogP contribution in [-0.4, -0.2) is 84.5 Å². The summed E-state index contributed by atoms with van der Waals surface area (Å²) in [6.07, 6.45) is 2.81. The normalized spacial score (nSPS) is 28.7. The molecule has 270 valence electrons. The molecule has 13 nitrogen and oxygen atoms in total. The number of primary amides is 1. The highest BCUT2D eigenvalue weighted by molar-refractivity contribution is 14.1. The van der Waals surface area contributed by atoms with Crippen molar-refractivity contribution in [3.8, 4) is 0 Å². The number of rotatable bonds is 6. The van der Waals surface area contributed by atoms with Gasteiger partial charge in [-0.25, -0.2) is 4.79 Å². The van der Waals surface area contributed by atoms with Crippen molar-refractivity contribution in [1.82, 2.24) is 4.90 Å². The van der Waals surface area contributed by atoms with Crippen LogP contribution in [0.2, 0.25) is 0 Å². The Morgan fingerprint density at radius 2 is 1.76 bits per heavy atom. The van der Waals surface area contributed by atoms with Crippen molar-refractivity contribution in [1.29, 1.82) is 0 Å². The summed E-state index contributed by atoms with van der Waals surface area (Å²) in [7, 11) is 2.85. The number of hydrogen-bond acceptors (Lipinski definition) is 11. The average molecular weight is 805 g/mol. The lowest BCUT2D eigenvalue weighted by Gasteiger charge is -2.30. The summed E-state index contributed by atoms with van der Waals surface area (Å²) in [5.41, 5.74) is 18.3. The van der Waals surface area contributed by atoms with Crippen LogP contribution in [0.4, 0.5) is 10.5 Å². The zero-order valence-electron chi connectivity index (χ0n) is 29.0. The van der Waals surface area contributed by atoms with Crippen LogP contribution in [0.1, 0.15) is 50.9 Å². The van der Waals surface area contributed by atoms with E-state index in [1.807, 2.05) is 29.5 Å². The topological polar surface area (TPSA) is 215 Å². The molecule has 14 heteroatoms. The number of nitrogens with zero attached hydrogens (tertiary/aromatic N) is 1. The lowest BCUT2D eigenvalue weighted by atomic mass is 9.85. The molecule has 2 bridgehead atoms. The van der Waals surface area contributed by atoms with Gasteiger partial charge in [0, 0.05) is 52.2 Å². The fraction of sp³-hybridized carbons (Fsp3) is 0.417. The van der Waals surface area contributed by atoms with Gasteiger partial charge in [0.25, 0.3) is 5.91 Å². The van der Waals surface area contributed by atoms with Crippen LogP contribution < -0.4 is 17.2 Å². The van der Waals surface area contributed by atoms with Crippen LogP contribution in [0.3, 0.4) is 0 Å². The molecular weight excluding hydrogens is 759 g/mol. The highest BCUT2D eigenvalue weighted by Crippen LogP contribution is 2.30. The molecule has 0 fully saturated rings. The van der Waals surface area contributed by atoms with Crippen LogP contribution in [0.15, 0.2) is 76.7 Å². The first-order valence-electron chi connectivity index (χ1n) is 15.9. The van der Waals surface area contributed by atoms with Gasteiger partial charge in [-0.2, -0.15) is 0 Å². The maximum absolute atomic E-state index is 14.1. The van der Waals surface area contributed by atoms with Gasteiger partial charge >= 0.3 is 6.09 Å². The Bertz CT molecular complexity index is 1680. The summed E-state index contributed by atoms with van der Waals surface area (Å²) < 4.78 is 17.3. The second-order valence-corrected chi connectivity index (χ2v) is 13.7. The van der Waals surface area contributed by atoms with Gasteiger partial charge in [0.05, 0.1) is 30.1 Å². The van der Waals surface area contributed by atoms with E-state index in [4.69, 9.17) is 31.4 Å². The van der Waals surface area contributed by atoms with Crippen molar-refractivity contribution in [2.75, 3.05) is 26.5 Å². The van der Waals surface area contributed by atoms with E-state index in [2.05, 4.69) is 0 Å². The number of halogens is 1. The second kappa shape index (κ2) is 17.7.